The third-order valence-electron chi connectivity index (χ3n) is 6.32. The van der Waals surface area contributed by atoms with Crippen LogP contribution in [0, 0.1) is 0 Å². The zero-order valence-electron chi connectivity index (χ0n) is 17.9. The molecule has 3 amide bonds. The maximum Gasteiger partial charge on any atom is 0.255 e. The van der Waals surface area contributed by atoms with Gasteiger partial charge >= 0.3 is 0 Å². The number of aromatic nitrogens is 1. The van der Waals surface area contributed by atoms with E-state index in [-0.39, 0.29) is 30.3 Å². The lowest BCUT2D eigenvalue weighted by molar-refractivity contribution is -0.127. The van der Waals surface area contributed by atoms with Crippen LogP contribution < -0.4 is 15.5 Å². The summed E-state index contributed by atoms with van der Waals surface area (Å²) in [5.74, 6) is 0.152. The van der Waals surface area contributed by atoms with Crippen LogP contribution in [0.15, 0.2) is 42.6 Å². The molecule has 8 heteroatoms. The Morgan fingerprint density at radius 2 is 1.81 bits per heavy atom. The number of carbonyl (C=O) groups excluding carboxylic acids is 3. The summed E-state index contributed by atoms with van der Waals surface area (Å²) in [6, 6.07) is 10.4. The minimum absolute atomic E-state index is 0.101. The standard InChI is InChI=1S/C24H27N5O3/c30-21(27-16-8-11-20(25-14-16)28-12-4-1-5-13-28)15-26-23(31)22-18-6-2-3-7-19(18)24(32)29(22)17-9-10-17/h2-3,6-8,11,14,17,22H,1,4-5,9-10,12-13,15H2,(H,26,31)(H,27,30). The van der Waals surface area contributed by atoms with E-state index >= 15 is 0 Å². The first kappa shape index (κ1) is 20.5. The van der Waals surface area contributed by atoms with Crippen LogP contribution in [0.1, 0.15) is 54.1 Å². The van der Waals surface area contributed by atoms with Crippen LogP contribution in [-0.2, 0) is 9.59 Å². The summed E-state index contributed by atoms with van der Waals surface area (Å²) in [5, 5.41) is 5.49. The summed E-state index contributed by atoms with van der Waals surface area (Å²) >= 11 is 0. The lowest BCUT2D eigenvalue weighted by atomic mass is 10.0. The largest absolute Gasteiger partial charge is 0.357 e. The fraction of sp³-hybridized carbons (Fsp3) is 0.417. The molecule has 1 atom stereocenters. The molecule has 2 fully saturated rings. The van der Waals surface area contributed by atoms with Crippen molar-refractivity contribution in [1.82, 2.24) is 15.2 Å². The van der Waals surface area contributed by atoms with Gasteiger partial charge in [-0.1, -0.05) is 18.2 Å². The third kappa shape index (κ3) is 4.04. The second-order valence-electron chi connectivity index (χ2n) is 8.65. The molecule has 0 spiro atoms. The van der Waals surface area contributed by atoms with Gasteiger partial charge in [-0.05, 0) is 55.9 Å². The zero-order valence-corrected chi connectivity index (χ0v) is 17.9. The number of pyridine rings is 1. The van der Waals surface area contributed by atoms with Gasteiger partial charge in [0.2, 0.25) is 11.8 Å². The number of rotatable bonds is 6. The Balaban J connectivity index is 1.19. The highest BCUT2D eigenvalue weighted by Crippen LogP contribution is 2.41. The molecule has 1 saturated heterocycles. The van der Waals surface area contributed by atoms with Crippen LogP contribution in [-0.4, -0.2) is 53.3 Å². The molecule has 1 saturated carbocycles. The molecule has 3 heterocycles. The molecule has 2 aliphatic heterocycles. The monoisotopic (exact) mass is 433 g/mol. The molecule has 0 radical (unpaired) electrons. The smallest absolute Gasteiger partial charge is 0.255 e. The van der Waals surface area contributed by atoms with Crippen molar-refractivity contribution in [2.75, 3.05) is 29.9 Å². The zero-order chi connectivity index (χ0) is 22.1. The van der Waals surface area contributed by atoms with E-state index < -0.39 is 6.04 Å². The Morgan fingerprint density at radius 3 is 2.53 bits per heavy atom. The molecule has 2 aromatic rings. The van der Waals surface area contributed by atoms with E-state index in [4.69, 9.17) is 0 Å². The first-order chi connectivity index (χ1) is 15.6. The predicted molar refractivity (Wildman–Crippen MR) is 120 cm³/mol. The number of hydrogen-bond acceptors (Lipinski definition) is 5. The number of nitrogens with one attached hydrogen (secondary N) is 2. The number of carbonyl (C=O) groups is 3. The minimum Gasteiger partial charge on any atom is -0.357 e. The quantitative estimate of drug-likeness (QED) is 0.730. The third-order valence-corrected chi connectivity index (χ3v) is 6.32. The van der Waals surface area contributed by atoms with Crippen LogP contribution in [0.3, 0.4) is 0 Å². The highest BCUT2D eigenvalue weighted by atomic mass is 16.2. The second kappa shape index (κ2) is 8.61. The summed E-state index contributed by atoms with van der Waals surface area (Å²) in [6.07, 6.45) is 7.07. The van der Waals surface area contributed by atoms with E-state index in [1.54, 1.807) is 23.2 Å². The van der Waals surface area contributed by atoms with Crippen molar-refractivity contribution in [1.29, 1.82) is 0 Å². The van der Waals surface area contributed by atoms with E-state index in [9.17, 15) is 14.4 Å². The lowest BCUT2D eigenvalue weighted by Gasteiger charge is -2.27. The molecule has 3 aliphatic rings. The van der Waals surface area contributed by atoms with Gasteiger partial charge in [0.1, 0.15) is 11.9 Å². The Hall–Kier alpha value is -3.42. The normalized spacial score (nSPS) is 20.1. The minimum atomic E-state index is -0.676. The molecular formula is C24H27N5O3. The van der Waals surface area contributed by atoms with Gasteiger partial charge in [0, 0.05) is 24.7 Å². The molecule has 1 aliphatic carbocycles. The molecule has 8 nitrogen and oxygen atoms in total. The number of fused-ring (bicyclic) bond motifs is 1. The van der Waals surface area contributed by atoms with Crippen LogP contribution in [0.5, 0.6) is 0 Å². The molecule has 32 heavy (non-hydrogen) atoms. The van der Waals surface area contributed by atoms with Crippen molar-refractivity contribution >= 4 is 29.2 Å². The number of piperidine rings is 1. The van der Waals surface area contributed by atoms with E-state index in [0.29, 0.717) is 16.8 Å². The summed E-state index contributed by atoms with van der Waals surface area (Å²) in [6.45, 7) is 1.85. The highest BCUT2D eigenvalue weighted by molar-refractivity contribution is 6.05. The van der Waals surface area contributed by atoms with Crippen molar-refractivity contribution < 1.29 is 14.4 Å². The summed E-state index contributed by atoms with van der Waals surface area (Å²) < 4.78 is 0. The molecule has 0 bridgehead atoms. The van der Waals surface area contributed by atoms with Crippen LogP contribution in [0.2, 0.25) is 0 Å². The average Bonchev–Trinajstić information content (AvgIpc) is 3.62. The number of benzene rings is 1. The SMILES string of the molecule is O=C(CNC(=O)C1c2ccccc2C(=O)N1C1CC1)Nc1ccc(N2CCCCC2)nc1. The Kier molecular flexibility index (Phi) is 5.51. The molecule has 5 rings (SSSR count). The average molecular weight is 434 g/mol. The predicted octanol–water partition coefficient (Wildman–Crippen LogP) is 2.49. The fourth-order valence-electron chi connectivity index (χ4n) is 4.57. The summed E-state index contributed by atoms with van der Waals surface area (Å²) in [7, 11) is 0. The van der Waals surface area contributed by atoms with E-state index in [1.165, 1.54) is 19.3 Å². The number of hydrogen-bond donors (Lipinski definition) is 2. The van der Waals surface area contributed by atoms with Gasteiger partial charge in [0.25, 0.3) is 5.91 Å². The van der Waals surface area contributed by atoms with Gasteiger partial charge in [-0.3, -0.25) is 14.4 Å². The Bertz CT molecular complexity index is 1030. The van der Waals surface area contributed by atoms with Crippen molar-refractivity contribution in [3.8, 4) is 0 Å². The van der Waals surface area contributed by atoms with E-state index in [1.807, 2.05) is 24.3 Å². The van der Waals surface area contributed by atoms with Crippen LogP contribution >= 0.6 is 0 Å². The van der Waals surface area contributed by atoms with Gasteiger partial charge < -0.3 is 20.4 Å². The van der Waals surface area contributed by atoms with Gasteiger partial charge in [0.15, 0.2) is 0 Å². The molecule has 1 aromatic carbocycles. The fourth-order valence-corrected chi connectivity index (χ4v) is 4.57. The maximum absolute atomic E-state index is 13.0. The second-order valence-corrected chi connectivity index (χ2v) is 8.65. The first-order valence-corrected chi connectivity index (χ1v) is 11.3. The highest BCUT2D eigenvalue weighted by Gasteiger charge is 2.47. The van der Waals surface area contributed by atoms with Crippen LogP contribution in [0.25, 0.3) is 0 Å². The Morgan fingerprint density at radius 1 is 1.03 bits per heavy atom. The molecule has 1 aromatic heterocycles. The van der Waals surface area contributed by atoms with Crippen molar-refractivity contribution in [2.45, 2.75) is 44.2 Å². The van der Waals surface area contributed by atoms with Gasteiger partial charge in [-0.25, -0.2) is 4.98 Å². The maximum atomic E-state index is 13.0. The van der Waals surface area contributed by atoms with Gasteiger partial charge in [-0.15, -0.1) is 0 Å². The lowest BCUT2D eigenvalue weighted by Crippen LogP contribution is -2.42. The number of amides is 3. The van der Waals surface area contributed by atoms with Crippen molar-refractivity contribution in [3.05, 3.63) is 53.7 Å². The van der Waals surface area contributed by atoms with E-state index in [0.717, 1.165) is 31.7 Å². The topological polar surface area (TPSA) is 94.6 Å². The molecule has 166 valence electrons. The summed E-state index contributed by atoms with van der Waals surface area (Å²) in [5.41, 5.74) is 1.87. The van der Waals surface area contributed by atoms with Gasteiger partial charge in [0.05, 0.1) is 18.4 Å². The first-order valence-electron chi connectivity index (χ1n) is 11.3. The van der Waals surface area contributed by atoms with Crippen LogP contribution in [0.4, 0.5) is 11.5 Å². The summed E-state index contributed by atoms with van der Waals surface area (Å²) in [4.78, 5) is 46.5. The number of anilines is 2. The van der Waals surface area contributed by atoms with Gasteiger partial charge in [-0.2, -0.15) is 0 Å². The van der Waals surface area contributed by atoms with Crippen molar-refractivity contribution in [3.63, 3.8) is 0 Å². The molecule has 2 N–H and O–H groups in total. The molecule has 1 unspecified atom stereocenters. The van der Waals surface area contributed by atoms with E-state index in [2.05, 4.69) is 20.5 Å². The Labute approximate surface area is 187 Å². The molecular weight excluding hydrogens is 406 g/mol. The number of nitrogens with zero attached hydrogens (tertiary/aromatic N) is 3. The van der Waals surface area contributed by atoms with Crippen molar-refractivity contribution in [2.24, 2.45) is 0 Å².